The molecule has 0 bridgehead atoms. The second-order valence-electron chi connectivity index (χ2n) is 6.85. The molecule has 3 heterocycles. The number of halogens is 3. The number of rotatable bonds is 3. The van der Waals surface area contributed by atoms with Crippen LogP contribution in [0.4, 0.5) is 19.0 Å². The Balaban J connectivity index is 0.000000409. The lowest BCUT2D eigenvalue weighted by molar-refractivity contribution is -0.156. The fourth-order valence-corrected chi connectivity index (χ4v) is 2.90. The van der Waals surface area contributed by atoms with Crippen LogP contribution in [0.5, 0.6) is 0 Å². The third-order valence-corrected chi connectivity index (χ3v) is 4.43. The Morgan fingerprint density at radius 3 is 2.18 bits per heavy atom. The molecule has 0 radical (unpaired) electrons. The average Bonchev–Trinajstić information content (AvgIpc) is 2.68. The molecular formula is C20H25F3N4O. The fourth-order valence-electron chi connectivity index (χ4n) is 2.90. The Morgan fingerprint density at radius 1 is 1.07 bits per heavy atom. The Hall–Kier alpha value is -2.48. The van der Waals surface area contributed by atoms with E-state index in [1.807, 2.05) is 31.3 Å². The molecule has 3 rings (SSSR count). The van der Waals surface area contributed by atoms with Crippen LogP contribution in [0.15, 0.2) is 36.5 Å². The highest BCUT2D eigenvalue weighted by atomic mass is 19.4. The lowest BCUT2D eigenvalue weighted by Gasteiger charge is -2.37. The molecule has 8 heteroatoms. The van der Waals surface area contributed by atoms with Gasteiger partial charge in [0.1, 0.15) is 5.82 Å². The van der Waals surface area contributed by atoms with Gasteiger partial charge in [0, 0.05) is 49.7 Å². The third-order valence-electron chi connectivity index (χ3n) is 4.43. The zero-order chi connectivity index (χ0) is 20.7. The van der Waals surface area contributed by atoms with Crippen LogP contribution in [0.1, 0.15) is 19.5 Å². The van der Waals surface area contributed by atoms with Gasteiger partial charge < -0.3 is 4.90 Å². The maximum absolute atomic E-state index is 10.4. The van der Waals surface area contributed by atoms with Gasteiger partial charge in [-0.15, -0.1) is 0 Å². The lowest BCUT2D eigenvalue weighted by atomic mass is 10.1. The van der Waals surface area contributed by atoms with Crippen molar-refractivity contribution in [1.29, 1.82) is 0 Å². The SMILES string of the molecule is Cc1cccc(-c2ccc(N3CCN(C(C)C)CC3)nc2)n1.O=CC(F)(F)F. The molecule has 152 valence electrons. The highest BCUT2D eigenvalue weighted by Crippen LogP contribution is 2.20. The summed E-state index contributed by atoms with van der Waals surface area (Å²) in [7, 11) is 0. The lowest BCUT2D eigenvalue weighted by Crippen LogP contribution is -2.49. The second-order valence-corrected chi connectivity index (χ2v) is 6.85. The van der Waals surface area contributed by atoms with E-state index in [0.29, 0.717) is 6.04 Å². The predicted octanol–water partition coefficient (Wildman–Crippen LogP) is 3.73. The molecule has 1 aliphatic rings. The van der Waals surface area contributed by atoms with Crippen LogP contribution in [0, 0.1) is 6.92 Å². The van der Waals surface area contributed by atoms with Gasteiger partial charge in [-0.2, -0.15) is 13.2 Å². The van der Waals surface area contributed by atoms with E-state index >= 15 is 0 Å². The number of pyridine rings is 2. The van der Waals surface area contributed by atoms with Gasteiger partial charge >= 0.3 is 6.18 Å². The van der Waals surface area contributed by atoms with Crippen molar-refractivity contribution >= 4 is 12.1 Å². The van der Waals surface area contributed by atoms with Gasteiger partial charge in [0.15, 0.2) is 0 Å². The zero-order valence-electron chi connectivity index (χ0n) is 16.3. The summed E-state index contributed by atoms with van der Waals surface area (Å²) in [6, 6.07) is 11.0. The Kier molecular flexibility index (Phi) is 7.51. The van der Waals surface area contributed by atoms with Crippen molar-refractivity contribution in [3.05, 3.63) is 42.2 Å². The van der Waals surface area contributed by atoms with Gasteiger partial charge in [-0.05, 0) is 45.0 Å². The molecule has 0 spiro atoms. The second kappa shape index (κ2) is 9.64. The molecule has 0 saturated carbocycles. The summed E-state index contributed by atoms with van der Waals surface area (Å²) >= 11 is 0. The molecule has 1 saturated heterocycles. The zero-order valence-corrected chi connectivity index (χ0v) is 16.3. The van der Waals surface area contributed by atoms with Crippen molar-refractivity contribution in [3.8, 4) is 11.3 Å². The van der Waals surface area contributed by atoms with Crippen LogP contribution in [-0.2, 0) is 4.79 Å². The van der Waals surface area contributed by atoms with E-state index in [1.54, 1.807) is 0 Å². The molecule has 5 nitrogen and oxygen atoms in total. The number of aromatic nitrogens is 2. The van der Waals surface area contributed by atoms with Crippen molar-refractivity contribution in [1.82, 2.24) is 14.9 Å². The quantitative estimate of drug-likeness (QED) is 0.743. The standard InChI is InChI=1S/C18H24N4.C2HF3O/c1-14(2)21-9-11-22(12-10-21)18-8-7-16(13-19-18)17-6-4-5-15(3)20-17;3-2(4,5)1-6/h4-8,13-14H,9-12H2,1-3H3;1H. The number of hydrogen-bond donors (Lipinski definition) is 0. The number of hydrogen-bond acceptors (Lipinski definition) is 5. The van der Waals surface area contributed by atoms with Crippen LogP contribution in [-0.4, -0.2) is 59.6 Å². The van der Waals surface area contributed by atoms with E-state index in [0.717, 1.165) is 48.9 Å². The van der Waals surface area contributed by atoms with E-state index in [4.69, 9.17) is 4.79 Å². The smallest absolute Gasteiger partial charge is 0.354 e. The number of carbonyl (C=O) groups is 1. The maximum atomic E-state index is 10.4. The van der Waals surface area contributed by atoms with Crippen LogP contribution >= 0.6 is 0 Å². The number of aldehydes is 1. The molecular weight excluding hydrogens is 369 g/mol. The van der Waals surface area contributed by atoms with Gasteiger partial charge in [0.2, 0.25) is 6.29 Å². The summed E-state index contributed by atoms with van der Waals surface area (Å²) in [6.07, 6.45) is -3.76. The molecule has 1 fully saturated rings. The Morgan fingerprint density at radius 2 is 1.71 bits per heavy atom. The number of nitrogens with zero attached hydrogens (tertiary/aromatic N) is 4. The Bertz CT molecular complexity index is 755. The van der Waals surface area contributed by atoms with Gasteiger partial charge in [-0.3, -0.25) is 14.7 Å². The van der Waals surface area contributed by atoms with E-state index < -0.39 is 12.5 Å². The van der Waals surface area contributed by atoms with Gasteiger partial charge in [-0.25, -0.2) is 4.98 Å². The largest absolute Gasteiger partial charge is 0.446 e. The number of carbonyl (C=O) groups excluding carboxylic acids is 1. The number of alkyl halides is 3. The van der Waals surface area contributed by atoms with Crippen molar-refractivity contribution in [3.63, 3.8) is 0 Å². The minimum absolute atomic E-state index is 0.630. The van der Waals surface area contributed by atoms with Crippen molar-refractivity contribution in [2.75, 3.05) is 31.1 Å². The first kappa shape index (κ1) is 21.8. The first-order valence-corrected chi connectivity index (χ1v) is 9.12. The summed E-state index contributed by atoms with van der Waals surface area (Å²) in [5.41, 5.74) is 3.10. The first-order chi connectivity index (χ1) is 13.2. The molecule has 28 heavy (non-hydrogen) atoms. The van der Waals surface area contributed by atoms with Crippen LogP contribution in [0.2, 0.25) is 0 Å². The molecule has 2 aromatic rings. The third kappa shape index (κ3) is 6.60. The summed E-state index contributed by atoms with van der Waals surface area (Å²) in [5, 5.41) is 0. The van der Waals surface area contributed by atoms with Crippen molar-refractivity contribution in [2.24, 2.45) is 0 Å². The molecule has 1 aliphatic heterocycles. The summed E-state index contributed by atoms with van der Waals surface area (Å²) in [4.78, 5) is 22.8. The van der Waals surface area contributed by atoms with E-state index in [2.05, 4.69) is 45.7 Å². The molecule has 0 unspecified atom stereocenters. The number of aryl methyl sites for hydroxylation is 1. The van der Waals surface area contributed by atoms with Crippen molar-refractivity contribution < 1.29 is 18.0 Å². The molecule has 0 amide bonds. The fraction of sp³-hybridized carbons (Fsp3) is 0.450. The summed E-state index contributed by atoms with van der Waals surface area (Å²) in [5.74, 6) is 1.07. The first-order valence-electron chi connectivity index (χ1n) is 9.12. The molecule has 0 N–H and O–H groups in total. The summed E-state index contributed by atoms with van der Waals surface area (Å²) < 4.78 is 31.2. The van der Waals surface area contributed by atoms with Crippen LogP contribution in [0.3, 0.4) is 0 Å². The van der Waals surface area contributed by atoms with Crippen LogP contribution < -0.4 is 4.90 Å². The number of piperazine rings is 1. The van der Waals surface area contributed by atoms with E-state index in [9.17, 15) is 13.2 Å². The topological polar surface area (TPSA) is 49.3 Å². The van der Waals surface area contributed by atoms with Gasteiger partial charge in [0.25, 0.3) is 0 Å². The average molecular weight is 394 g/mol. The highest BCUT2D eigenvalue weighted by Gasteiger charge is 2.25. The predicted molar refractivity (Wildman–Crippen MR) is 103 cm³/mol. The molecule has 0 atom stereocenters. The maximum Gasteiger partial charge on any atom is 0.446 e. The minimum atomic E-state index is -4.64. The normalized spacial score (nSPS) is 15.2. The van der Waals surface area contributed by atoms with E-state index in [-0.39, 0.29) is 0 Å². The molecule has 0 aliphatic carbocycles. The van der Waals surface area contributed by atoms with Crippen LogP contribution in [0.25, 0.3) is 11.3 Å². The van der Waals surface area contributed by atoms with Crippen molar-refractivity contribution in [2.45, 2.75) is 33.0 Å². The number of anilines is 1. The Labute approximate surface area is 163 Å². The minimum Gasteiger partial charge on any atom is -0.354 e. The molecule has 2 aromatic heterocycles. The van der Waals surface area contributed by atoms with Gasteiger partial charge in [-0.1, -0.05) is 6.07 Å². The van der Waals surface area contributed by atoms with Gasteiger partial charge in [0.05, 0.1) is 5.69 Å². The molecule has 0 aromatic carbocycles. The highest BCUT2D eigenvalue weighted by molar-refractivity contribution is 5.60. The summed E-state index contributed by atoms with van der Waals surface area (Å²) in [6.45, 7) is 10.9. The van der Waals surface area contributed by atoms with E-state index in [1.165, 1.54) is 0 Å². The monoisotopic (exact) mass is 394 g/mol.